The van der Waals surface area contributed by atoms with E-state index < -0.39 is 28.8 Å². The lowest BCUT2D eigenvalue weighted by Gasteiger charge is -2.59. The second-order valence-electron chi connectivity index (χ2n) is 17.2. The van der Waals surface area contributed by atoms with Crippen LogP contribution in [-0.4, -0.2) is 82.4 Å². The summed E-state index contributed by atoms with van der Waals surface area (Å²) in [6.07, 6.45) is 8.75. The van der Waals surface area contributed by atoms with Gasteiger partial charge < -0.3 is 34.0 Å². The van der Waals surface area contributed by atoms with Crippen molar-refractivity contribution in [3.8, 4) is 11.5 Å². The molecule has 7 rings (SSSR count). The minimum Gasteiger partial charge on any atom is -0.493 e. The van der Waals surface area contributed by atoms with Crippen molar-refractivity contribution in [1.29, 1.82) is 0 Å². The summed E-state index contributed by atoms with van der Waals surface area (Å²) < 4.78 is 27.0. The molecule has 0 aromatic heterocycles. The monoisotopic (exact) mass is 933 g/mol. The maximum atomic E-state index is 14.6. The van der Waals surface area contributed by atoms with E-state index in [1.165, 1.54) is 17.0 Å². The Morgan fingerprint density at radius 3 is 2.37 bits per heavy atom. The van der Waals surface area contributed by atoms with Crippen molar-refractivity contribution in [1.82, 2.24) is 4.90 Å². The third-order valence-electron chi connectivity index (χ3n) is 12.8. The molecule has 2 aliphatic carbocycles. The van der Waals surface area contributed by atoms with Crippen LogP contribution >= 0.6 is 11.8 Å². The van der Waals surface area contributed by atoms with Gasteiger partial charge in [-0.2, -0.15) is 0 Å². The van der Waals surface area contributed by atoms with E-state index in [0.29, 0.717) is 55.2 Å². The quantitative estimate of drug-likeness (QED) is 0.0214. The highest BCUT2D eigenvalue weighted by Crippen LogP contribution is 2.62. The molecule has 0 bridgehead atoms. The summed E-state index contributed by atoms with van der Waals surface area (Å²) in [7, 11) is 0. The molecule has 1 heterocycles. The molecule has 1 amide bonds. The lowest BCUT2D eigenvalue weighted by Crippen LogP contribution is -2.70. The van der Waals surface area contributed by atoms with Crippen molar-refractivity contribution in [3.05, 3.63) is 154 Å². The molecule has 4 aromatic rings. The maximum absolute atomic E-state index is 14.6. The summed E-state index contributed by atoms with van der Waals surface area (Å²) in [5.74, 6) is -0.0381. The third kappa shape index (κ3) is 12.1. The molecule has 4 aromatic carbocycles. The number of hydrogen-bond acceptors (Lipinski definition) is 12. The predicted molar refractivity (Wildman–Crippen MR) is 259 cm³/mol. The molecular formula is C53H63N3O10S. The summed E-state index contributed by atoms with van der Waals surface area (Å²) in [6.45, 7) is 7.28. The van der Waals surface area contributed by atoms with Gasteiger partial charge in [-0.1, -0.05) is 85.6 Å². The molecule has 1 saturated carbocycles. The first-order valence-electron chi connectivity index (χ1n) is 23.5. The van der Waals surface area contributed by atoms with Gasteiger partial charge in [0.1, 0.15) is 30.8 Å². The summed E-state index contributed by atoms with van der Waals surface area (Å²) in [6, 6.07) is 31.2. The zero-order valence-corrected chi connectivity index (χ0v) is 39.1. The highest BCUT2D eigenvalue weighted by molar-refractivity contribution is 7.99. The molecule has 2 N–H and O–H groups in total. The van der Waals surface area contributed by atoms with Crippen LogP contribution in [0.15, 0.2) is 137 Å². The number of benzene rings is 4. The second kappa shape index (κ2) is 24.4. The molecule has 0 radical (unpaired) electrons. The van der Waals surface area contributed by atoms with E-state index in [2.05, 4.69) is 30.9 Å². The number of non-ortho nitro benzene ring substituents is 1. The summed E-state index contributed by atoms with van der Waals surface area (Å²) >= 11 is 1.73. The second-order valence-corrected chi connectivity index (χ2v) is 18.4. The Hall–Kier alpha value is -5.67. The topological polar surface area (TPSA) is 162 Å². The zero-order chi connectivity index (χ0) is 47.0. The van der Waals surface area contributed by atoms with Crippen molar-refractivity contribution >= 4 is 29.3 Å². The van der Waals surface area contributed by atoms with Crippen LogP contribution < -0.4 is 9.47 Å². The van der Waals surface area contributed by atoms with Gasteiger partial charge in [-0.25, -0.2) is 4.79 Å². The first kappa shape index (κ1) is 49.2. The van der Waals surface area contributed by atoms with E-state index in [1.54, 1.807) is 34.9 Å². The maximum Gasteiger partial charge on any atom is 0.410 e. The first-order chi connectivity index (χ1) is 32.8. The van der Waals surface area contributed by atoms with Crippen molar-refractivity contribution in [2.24, 2.45) is 22.9 Å². The number of carbonyl (C=O) groups is 1. The fraction of sp³-hybridized carbons (Fsp3) is 0.434. The SMILES string of the molecule is C=CCOC12Oc3ccc(OCCSc4ccccc4)cc3C3C(CCCCO)C(CCCCO)C=C(C(=NOCc4ccc([N+](=O)[O-])cc4)CC1N(CCC)C(=O)OCc1ccccc1)C32. The van der Waals surface area contributed by atoms with E-state index in [1.807, 2.05) is 67.6 Å². The Bertz CT molecular complexity index is 2290. The number of aliphatic hydroxyl groups excluding tert-OH is 2. The Labute approximate surface area is 397 Å². The number of nitro benzene ring substituents is 1. The fourth-order valence-corrected chi connectivity index (χ4v) is 10.6. The van der Waals surface area contributed by atoms with Crippen LogP contribution in [0.1, 0.15) is 80.9 Å². The van der Waals surface area contributed by atoms with Gasteiger partial charge in [0.05, 0.1) is 29.8 Å². The Balaban J connectivity index is 1.35. The average molecular weight is 934 g/mol. The lowest BCUT2D eigenvalue weighted by atomic mass is 9.55. The standard InChI is InChI=1S/C53H63N3O10S/c1-3-27-55(52(59)63-36-38-15-7-5-8-16-38)49-35-47(54-65-37-39-21-23-41(24-22-39)56(60)61)45-33-40(17-11-13-28-57)44(20-12-14-29-58)50-46-34-42(62-31-32-67-43-18-9-6-10-19-43)25-26-48(46)66-53(49,51(45)50)64-30-4-2/h4-10,15-16,18-19,21-26,33-34,40,44,49-51,57-58H,2-3,11-14,17,20,27-32,35-37H2,1H3. The molecular weight excluding hydrogens is 871 g/mol. The number of amides is 1. The number of aliphatic hydroxyl groups is 2. The van der Waals surface area contributed by atoms with Crippen LogP contribution in [0.25, 0.3) is 0 Å². The van der Waals surface area contributed by atoms with E-state index in [4.69, 9.17) is 28.9 Å². The molecule has 356 valence electrons. The van der Waals surface area contributed by atoms with E-state index in [0.717, 1.165) is 48.1 Å². The summed E-state index contributed by atoms with van der Waals surface area (Å²) in [5.41, 5.74) is 4.03. The number of hydrogen-bond donors (Lipinski definition) is 2. The van der Waals surface area contributed by atoms with Crippen molar-refractivity contribution < 1.29 is 43.7 Å². The number of fused-ring (bicyclic) bond motifs is 2. The molecule has 3 aliphatic rings. The van der Waals surface area contributed by atoms with Crippen molar-refractivity contribution in [3.63, 3.8) is 0 Å². The minimum absolute atomic E-state index is 0.0207. The van der Waals surface area contributed by atoms with Crippen LogP contribution in [0.5, 0.6) is 11.5 Å². The number of carbonyl (C=O) groups excluding carboxylic acids is 1. The van der Waals surface area contributed by atoms with Gasteiger partial charge in [-0.05, 0) is 103 Å². The van der Waals surface area contributed by atoms with Gasteiger partial charge in [0.15, 0.2) is 0 Å². The van der Waals surface area contributed by atoms with Crippen LogP contribution in [0.2, 0.25) is 0 Å². The predicted octanol–water partition coefficient (Wildman–Crippen LogP) is 10.6. The molecule has 0 spiro atoms. The molecule has 0 saturated heterocycles. The number of unbranched alkanes of at least 4 members (excludes halogenated alkanes) is 2. The fourth-order valence-electron chi connectivity index (χ4n) is 9.89. The number of oxime groups is 1. The molecule has 1 fully saturated rings. The van der Waals surface area contributed by atoms with E-state index >= 15 is 0 Å². The average Bonchev–Trinajstić information content (AvgIpc) is 3.35. The highest BCUT2D eigenvalue weighted by atomic mass is 32.2. The van der Waals surface area contributed by atoms with Crippen LogP contribution in [0, 0.1) is 27.9 Å². The Morgan fingerprint density at radius 2 is 1.67 bits per heavy atom. The highest BCUT2D eigenvalue weighted by Gasteiger charge is 2.65. The zero-order valence-electron chi connectivity index (χ0n) is 38.3. The van der Waals surface area contributed by atoms with Gasteiger partial charge in [0.25, 0.3) is 5.69 Å². The van der Waals surface area contributed by atoms with Gasteiger partial charge in [0, 0.05) is 60.4 Å². The van der Waals surface area contributed by atoms with Gasteiger partial charge >= 0.3 is 6.09 Å². The van der Waals surface area contributed by atoms with Crippen molar-refractivity contribution in [2.75, 3.05) is 38.7 Å². The number of allylic oxidation sites excluding steroid dienone is 1. The summed E-state index contributed by atoms with van der Waals surface area (Å²) in [5, 5.41) is 36.3. The van der Waals surface area contributed by atoms with Crippen LogP contribution in [-0.2, 0) is 27.5 Å². The number of ether oxygens (including phenoxy) is 4. The molecule has 1 aliphatic heterocycles. The van der Waals surface area contributed by atoms with Gasteiger partial charge in [-0.15, -0.1) is 18.3 Å². The van der Waals surface area contributed by atoms with Gasteiger partial charge in [-0.3, -0.25) is 15.0 Å². The number of nitro groups is 1. The Kier molecular flexibility index (Phi) is 17.9. The van der Waals surface area contributed by atoms with Crippen LogP contribution in [0.3, 0.4) is 0 Å². The number of thioether (sulfide) groups is 1. The third-order valence-corrected chi connectivity index (χ3v) is 13.8. The number of rotatable bonds is 25. The molecule has 14 heteroatoms. The lowest BCUT2D eigenvalue weighted by molar-refractivity contribution is -0.384. The van der Waals surface area contributed by atoms with E-state index in [-0.39, 0.29) is 62.9 Å². The van der Waals surface area contributed by atoms with E-state index in [9.17, 15) is 25.1 Å². The summed E-state index contributed by atoms with van der Waals surface area (Å²) in [4.78, 5) is 34.7. The largest absolute Gasteiger partial charge is 0.493 e. The normalized spacial score (nSPS) is 22.1. The van der Waals surface area contributed by atoms with Gasteiger partial charge in [0.2, 0.25) is 5.79 Å². The molecule has 67 heavy (non-hydrogen) atoms. The molecule has 6 unspecified atom stereocenters. The number of nitrogens with zero attached hydrogens (tertiary/aromatic N) is 3. The molecule has 13 nitrogen and oxygen atoms in total. The first-order valence-corrected chi connectivity index (χ1v) is 24.5. The smallest absolute Gasteiger partial charge is 0.410 e. The Morgan fingerprint density at radius 1 is 0.955 bits per heavy atom. The van der Waals surface area contributed by atoms with Crippen molar-refractivity contribution in [2.45, 2.75) is 94.1 Å². The van der Waals surface area contributed by atoms with Crippen LogP contribution in [0.4, 0.5) is 10.5 Å². The minimum atomic E-state index is -1.45. The molecule has 6 atom stereocenters.